The molecule has 0 amide bonds. The summed E-state index contributed by atoms with van der Waals surface area (Å²) in [6.07, 6.45) is 12.6. The number of hydrogen-bond donors (Lipinski definition) is 1. The maximum absolute atomic E-state index is 13.1. The van der Waals surface area contributed by atoms with E-state index in [4.69, 9.17) is 9.47 Å². The molecule has 0 radical (unpaired) electrons. The number of aromatic hydroxyl groups is 1. The van der Waals surface area contributed by atoms with Crippen molar-refractivity contribution in [2.75, 3.05) is 0 Å². The monoisotopic (exact) mass is 594 g/mol. The molecule has 44 heavy (non-hydrogen) atoms. The summed E-state index contributed by atoms with van der Waals surface area (Å²) in [7, 11) is 0. The minimum atomic E-state index is -0.898. The Hall–Kier alpha value is -4.71. The highest BCUT2D eigenvalue weighted by molar-refractivity contribution is 6.01. The predicted molar refractivity (Wildman–Crippen MR) is 176 cm³/mol. The van der Waals surface area contributed by atoms with Crippen LogP contribution in [-0.4, -0.2) is 28.9 Å². The van der Waals surface area contributed by atoms with Gasteiger partial charge >= 0.3 is 11.9 Å². The van der Waals surface area contributed by atoms with Crippen LogP contribution in [0.5, 0.6) is 11.5 Å². The number of hydrogen-bond acceptors (Lipinski definition) is 6. The highest BCUT2D eigenvalue weighted by Gasteiger charge is 2.39. The minimum absolute atomic E-state index is 0.171. The van der Waals surface area contributed by atoms with E-state index in [0.29, 0.717) is 17.7 Å². The molecule has 2 aromatic rings. The molecule has 0 aromatic heterocycles. The lowest BCUT2D eigenvalue weighted by atomic mass is 9.71. The highest BCUT2D eigenvalue weighted by Crippen LogP contribution is 2.41. The van der Waals surface area contributed by atoms with Gasteiger partial charge in [-0.2, -0.15) is 0 Å². The van der Waals surface area contributed by atoms with Gasteiger partial charge in [0.05, 0.1) is 12.8 Å². The van der Waals surface area contributed by atoms with Crippen molar-refractivity contribution in [1.82, 2.24) is 0 Å². The van der Waals surface area contributed by atoms with Gasteiger partial charge < -0.3 is 14.6 Å². The summed E-state index contributed by atoms with van der Waals surface area (Å²) >= 11 is 0. The van der Waals surface area contributed by atoms with E-state index in [1.54, 1.807) is 43.3 Å². The molecule has 3 rings (SSSR count). The summed E-state index contributed by atoms with van der Waals surface area (Å²) < 4.78 is 10.9. The largest absolute Gasteiger partial charge is 0.508 e. The number of ketones is 1. The topological polar surface area (TPSA) is 89.9 Å². The van der Waals surface area contributed by atoms with Crippen LogP contribution >= 0.6 is 0 Å². The molecule has 0 spiro atoms. The molecule has 2 aromatic carbocycles. The lowest BCUT2D eigenvalue weighted by Crippen LogP contribution is -2.39. The zero-order valence-corrected chi connectivity index (χ0v) is 26.5. The molecular weight excluding hydrogens is 552 g/mol. The van der Waals surface area contributed by atoms with Gasteiger partial charge in [0.15, 0.2) is 11.9 Å². The van der Waals surface area contributed by atoms with Crippen molar-refractivity contribution in [1.29, 1.82) is 0 Å². The van der Waals surface area contributed by atoms with Crippen molar-refractivity contribution in [3.63, 3.8) is 0 Å². The third-order valence-electron chi connectivity index (χ3n) is 7.22. The second kappa shape index (κ2) is 15.1. The lowest BCUT2D eigenvalue weighted by molar-refractivity contribution is -0.157. The predicted octanol–water partition coefficient (Wildman–Crippen LogP) is 8.42. The fourth-order valence-corrected chi connectivity index (χ4v) is 4.96. The molecule has 0 heterocycles. The van der Waals surface area contributed by atoms with Crippen LogP contribution < -0.4 is 4.74 Å². The van der Waals surface area contributed by atoms with Crippen LogP contribution in [0.4, 0.5) is 0 Å². The molecule has 0 fully saturated rings. The Kier molecular flexibility index (Phi) is 11.6. The highest BCUT2D eigenvalue weighted by atomic mass is 16.5. The second-order valence-electron chi connectivity index (χ2n) is 11.9. The van der Waals surface area contributed by atoms with Gasteiger partial charge in [0.2, 0.25) is 0 Å². The molecule has 1 atom stereocenters. The zero-order chi connectivity index (χ0) is 32.4. The average Bonchev–Trinajstić information content (AvgIpc) is 2.93. The summed E-state index contributed by atoms with van der Waals surface area (Å²) in [5.41, 5.74) is 5.79. The van der Waals surface area contributed by atoms with Gasteiger partial charge in [-0.25, -0.2) is 0 Å². The number of aryl methyl sites for hydroxylation is 1. The molecule has 1 N–H and O–H groups in total. The average molecular weight is 595 g/mol. The number of carbonyl (C=O) groups is 3. The number of allylic oxidation sites excluding steroid dienone is 8. The first-order valence-electron chi connectivity index (χ1n) is 14.7. The number of benzene rings is 2. The fraction of sp³-hybridized carbons (Fsp3) is 0.289. The SMILES string of the molecule is C=C(C)/C=C/C=C(C)/C=C/C1=C(C)C(=O)C(OC(=O)CCC(=O)Oc2ccc(/C=C/c3cc(C)cc(O)c3)cc2)CC1(C)C. The van der Waals surface area contributed by atoms with E-state index < -0.39 is 23.5 Å². The van der Waals surface area contributed by atoms with Gasteiger partial charge in [0.25, 0.3) is 0 Å². The minimum Gasteiger partial charge on any atom is -0.508 e. The fourth-order valence-electron chi connectivity index (χ4n) is 4.96. The summed E-state index contributed by atoms with van der Waals surface area (Å²) in [6, 6.07) is 12.3. The number of carbonyl (C=O) groups excluding carboxylic acids is 3. The number of phenols is 1. The van der Waals surface area contributed by atoms with E-state index in [2.05, 4.69) is 6.58 Å². The van der Waals surface area contributed by atoms with Gasteiger partial charge in [-0.05, 0) is 85.2 Å². The van der Waals surface area contributed by atoms with Crippen LogP contribution in [-0.2, 0) is 19.1 Å². The van der Waals surface area contributed by atoms with Crippen LogP contribution in [0, 0.1) is 12.3 Å². The third kappa shape index (κ3) is 10.2. The van der Waals surface area contributed by atoms with Crippen LogP contribution in [0.3, 0.4) is 0 Å². The Bertz CT molecular complexity index is 1540. The maximum Gasteiger partial charge on any atom is 0.311 e. The maximum atomic E-state index is 13.1. The van der Waals surface area contributed by atoms with Crippen LogP contribution in [0.2, 0.25) is 0 Å². The Morgan fingerprint density at radius 1 is 0.955 bits per heavy atom. The van der Waals surface area contributed by atoms with Gasteiger partial charge in [-0.3, -0.25) is 14.4 Å². The third-order valence-corrected chi connectivity index (χ3v) is 7.22. The van der Waals surface area contributed by atoms with Crippen molar-refractivity contribution in [3.05, 3.63) is 118 Å². The standard InChI is InChI=1S/C38H42O6/c1-25(2)9-8-10-26(3)11-18-33-28(5)37(42)34(24-38(33,6)7)44-36(41)20-19-35(40)43-32-16-14-29(15-17-32)12-13-30-21-27(4)22-31(39)23-30/h8-18,21-23,34,39H,1,19-20,24H2,2-7H3/b9-8+,13-12+,18-11+,26-10+. The van der Waals surface area contributed by atoms with Crippen molar-refractivity contribution in [2.45, 2.75) is 66.9 Å². The zero-order valence-electron chi connectivity index (χ0n) is 26.5. The molecule has 230 valence electrons. The summed E-state index contributed by atoms with van der Waals surface area (Å²) in [5, 5.41) is 9.75. The Labute approximate surface area is 260 Å². The van der Waals surface area contributed by atoms with Crippen LogP contribution in [0.15, 0.2) is 102 Å². The van der Waals surface area contributed by atoms with E-state index in [9.17, 15) is 19.5 Å². The van der Waals surface area contributed by atoms with Crippen molar-refractivity contribution in [3.8, 4) is 11.5 Å². The number of Topliss-reactive ketones (excluding diaryl/α,β-unsaturated/α-hetero) is 1. The number of rotatable bonds is 11. The van der Waals surface area contributed by atoms with E-state index >= 15 is 0 Å². The molecule has 0 saturated heterocycles. The summed E-state index contributed by atoms with van der Waals surface area (Å²) in [4.78, 5) is 38.1. The molecular formula is C38H42O6. The van der Waals surface area contributed by atoms with Gasteiger partial charge in [-0.1, -0.05) is 92.3 Å². The van der Waals surface area contributed by atoms with Crippen LogP contribution in [0.1, 0.15) is 70.6 Å². The quantitative estimate of drug-likeness (QED) is 0.122. The molecule has 0 bridgehead atoms. The Morgan fingerprint density at radius 2 is 1.61 bits per heavy atom. The molecule has 6 nitrogen and oxygen atoms in total. The summed E-state index contributed by atoms with van der Waals surface area (Å²) in [5.74, 6) is -0.844. The Balaban J connectivity index is 1.52. The first kappa shape index (κ1) is 33.8. The van der Waals surface area contributed by atoms with Crippen molar-refractivity contribution < 1.29 is 29.0 Å². The normalized spacial score (nSPS) is 17.1. The lowest BCUT2D eigenvalue weighted by Gasteiger charge is -2.36. The molecule has 0 saturated carbocycles. The number of ether oxygens (including phenoxy) is 2. The first-order chi connectivity index (χ1) is 20.7. The second-order valence-corrected chi connectivity index (χ2v) is 11.9. The summed E-state index contributed by atoms with van der Waals surface area (Å²) in [6.45, 7) is 15.5. The number of phenolic OH excluding ortho intramolecular Hbond substituents is 1. The molecule has 6 heteroatoms. The Morgan fingerprint density at radius 3 is 2.27 bits per heavy atom. The van der Waals surface area contributed by atoms with Gasteiger partial charge in [0, 0.05) is 6.42 Å². The van der Waals surface area contributed by atoms with Gasteiger partial charge in [-0.15, -0.1) is 0 Å². The van der Waals surface area contributed by atoms with Crippen molar-refractivity contribution in [2.24, 2.45) is 5.41 Å². The molecule has 1 unspecified atom stereocenters. The molecule has 1 aliphatic rings. The molecule has 0 aliphatic heterocycles. The van der Waals surface area contributed by atoms with Crippen LogP contribution in [0.25, 0.3) is 12.2 Å². The van der Waals surface area contributed by atoms with E-state index in [1.165, 1.54) is 0 Å². The first-order valence-corrected chi connectivity index (χ1v) is 14.7. The molecule has 1 aliphatic carbocycles. The smallest absolute Gasteiger partial charge is 0.311 e. The van der Waals surface area contributed by atoms with E-state index in [1.807, 2.05) is 83.2 Å². The number of esters is 2. The van der Waals surface area contributed by atoms with Crippen molar-refractivity contribution >= 4 is 29.9 Å². The van der Waals surface area contributed by atoms with E-state index in [-0.39, 0.29) is 24.4 Å². The van der Waals surface area contributed by atoms with Gasteiger partial charge in [0.1, 0.15) is 11.5 Å². The van der Waals surface area contributed by atoms with E-state index in [0.717, 1.165) is 33.4 Å².